The molecule has 0 amide bonds. The summed E-state index contributed by atoms with van der Waals surface area (Å²) in [6, 6.07) is 17.3. The van der Waals surface area contributed by atoms with Crippen molar-refractivity contribution < 1.29 is 53.9 Å². The first kappa shape index (κ1) is 39.0. The molecule has 0 aromatic heterocycles. The number of rotatable bonds is 6. The van der Waals surface area contributed by atoms with E-state index in [0.29, 0.717) is 27.8 Å². The Hall–Kier alpha value is -4.13. The van der Waals surface area contributed by atoms with Gasteiger partial charge in [-0.05, 0) is 108 Å². The molecule has 11 nitrogen and oxygen atoms in total. The van der Waals surface area contributed by atoms with Crippen LogP contribution < -0.4 is 0 Å². The second kappa shape index (κ2) is 20.7. The van der Waals surface area contributed by atoms with Gasteiger partial charge in [-0.2, -0.15) is 0 Å². The highest BCUT2D eigenvalue weighted by Gasteiger charge is 2.08. The molecule has 3 rings (SSSR count). The summed E-state index contributed by atoms with van der Waals surface area (Å²) in [5, 5.41) is 13.9. The molecule has 0 saturated carbocycles. The van der Waals surface area contributed by atoms with E-state index in [4.69, 9.17) is 45.0 Å². The highest BCUT2D eigenvalue weighted by Crippen LogP contribution is 2.09. The van der Waals surface area contributed by atoms with Gasteiger partial charge in [0, 0.05) is 23.8 Å². The molecule has 0 heterocycles. The van der Waals surface area contributed by atoms with Crippen LogP contribution in [0.2, 0.25) is 0 Å². The summed E-state index contributed by atoms with van der Waals surface area (Å²) < 4.78 is 8.93. The standard InChI is InChI=1S/C9H7ClO3.C9H8O4.C8H4Cl2O2.CH4O.H2O/c2*1-13-9(12)7-4-2-6(3-5-7)8(10)11;9-7(11)5-1-2-6(4-3-5)8(10)12;1-2;/h2-5H,1H3;2-5H,1H3,(H,10,11);1-4H;2H,1H3;1H2. The van der Waals surface area contributed by atoms with Crippen LogP contribution in [0.1, 0.15) is 62.1 Å². The zero-order valence-corrected chi connectivity index (χ0v) is 24.0. The third kappa shape index (κ3) is 14.2. The summed E-state index contributed by atoms with van der Waals surface area (Å²) in [5.41, 5.74) is 1.93. The van der Waals surface area contributed by atoms with Crippen LogP contribution in [0.4, 0.5) is 0 Å². The predicted molar refractivity (Wildman–Crippen MR) is 151 cm³/mol. The number of carbonyl (C=O) groups is 6. The number of benzene rings is 3. The van der Waals surface area contributed by atoms with Gasteiger partial charge in [-0.1, -0.05) is 0 Å². The van der Waals surface area contributed by atoms with E-state index < -0.39 is 33.6 Å². The molecule has 0 atom stereocenters. The average Bonchev–Trinajstić information content (AvgIpc) is 2.98. The Morgan fingerprint density at radius 2 is 0.683 bits per heavy atom. The van der Waals surface area contributed by atoms with Crippen molar-refractivity contribution in [3.05, 3.63) is 106 Å². The number of aliphatic hydroxyl groups excluding tert-OH is 1. The largest absolute Gasteiger partial charge is 0.478 e. The Labute approximate surface area is 249 Å². The van der Waals surface area contributed by atoms with E-state index in [2.05, 4.69) is 9.47 Å². The topological polar surface area (TPSA) is 193 Å². The Balaban J connectivity index is 0. The smallest absolute Gasteiger partial charge is 0.337 e. The highest BCUT2D eigenvalue weighted by atomic mass is 35.5. The lowest BCUT2D eigenvalue weighted by Gasteiger charge is -1.98. The third-order valence-electron chi connectivity index (χ3n) is 4.42. The van der Waals surface area contributed by atoms with E-state index in [1.54, 1.807) is 0 Å². The number of ether oxygens (including phenoxy) is 2. The zero-order valence-electron chi connectivity index (χ0n) is 21.7. The van der Waals surface area contributed by atoms with E-state index in [-0.39, 0.29) is 11.0 Å². The summed E-state index contributed by atoms with van der Waals surface area (Å²) in [5.74, 6) is -1.93. The van der Waals surface area contributed by atoms with Crippen molar-refractivity contribution >= 4 is 68.4 Å². The summed E-state index contributed by atoms with van der Waals surface area (Å²) in [6.07, 6.45) is 0. The number of halogens is 3. The minimum Gasteiger partial charge on any atom is -0.478 e. The molecule has 3 aromatic rings. The van der Waals surface area contributed by atoms with Crippen molar-refractivity contribution in [2.24, 2.45) is 0 Å². The maximum Gasteiger partial charge on any atom is 0.337 e. The minimum absolute atomic E-state index is 0. The van der Waals surface area contributed by atoms with Crippen molar-refractivity contribution in [2.75, 3.05) is 21.3 Å². The second-order valence-electron chi connectivity index (χ2n) is 6.84. The van der Waals surface area contributed by atoms with Crippen LogP contribution in [-0.2, 0) is 9.47 Å². The molecule has 3 aromatic carbocycles. The van der Waals surface area contributed by atoms with Crippen LogP contribution >= 0.6 is 34.8 Å². The number of hydrogen-bond donors (Lipinski definition) is 2. The monoisotopic (exact) mass is 630 g/mol. The van der Waals surface area contributed by atoms with E-state index in [0.717, 1.165) is 7.11 Å². The number of aliphatic hydroxyl groups is 1. The van der Waals surface area contributed by atoms with Gasteiger partial charge in [0.1, 0.15) is 0 Å². The zero-order chi connectivity index (χ0) is 30.8. The van der Waals surface area contributed by atoms with Crippen molar-refractivity contribution in [3.8, 4) is 0 Å². The van der Waals surface area contributed by atoms with Crippen LogP contribution in [0.25, 0.3) is 0 Å². The summed E-state index contributed by atoms with van der Waals surface area (Å²) >= 11 is 15.6. The van der Waals surface area contributed by atoms with E-state index in [9.17, 15) is 28.8 Å². The van der Waals surface area contributed by atoms with Gasteiger partial charge in [0.25, 0.3) is 15.7 Å². The fourth-order valence-corrected chi connectivity index (χ4v) is 2.83. The van der Waals surface area contributed by atoms with Gasteiger partial charge in [0.05, 0.1) is 30.9 Å². The lowest BCUT2D eigenvalue weighted by atomic mass is 10.1. The fourth-order valence-electron chi connectivity index (χ4n) is 2.45. The highest BCUT2D eigenvalue weighted by molar-refractivity contribution is 6.68. The number of carboxylic acids is 1. The second-order valence-corrected chi connectivity index (χ2v) is 7.87. The van der Waals surface area contributed by atoms with Crippen molar-refractivity contribution in [1.29, 1.82) is 0 Å². The normalized spacial score (nSPS) is 8.85. The minimum atomic E-state index is -1.02. The van der Waals surface area contributed by atoms with E-state index in [1.807, 2.05) is 0 Å². The Kier molecular flexibility index (Phi) is 19.7. The quantitative estimate of drug-likeness (QED) is 0.293. The van der Waals surface area contributed by atoms with Gasteiger partial charge in [-0.25, -0.2) is 14.4 Å². The van der Waals surface area contributed by atoms with Crippen LogP contribution in [0.5, 0.6) is 0 Å². The molecule has 41 heavy (non-hydrogen) atoms. The molecule has 0 bridgehead atoms. The first-order valence-electron chi connectivity index (χ1n) is 10.7. The van der Waals surface area contributed by atoms with Gasteiger partial charge >= 0.3 is 17.9 Å². The van der Waals surface area contributed by atoms with Crippen LogP contribution in [0.3, 0.4) is 0 Å². The van der Waals surface area contributed by atoms with Crippen molar-refractivity contribution in [1.82, 2.24) is 0 Å². The lowest BCUT2D eigenvalue weighted by molar-refractivity contribution is 0.0591. The van der Waals surface area contributed by atoms with E-state index >= 15 is 0 Å². The molecule has 0 aliphatic heterocycles. The average molecular weight is 632 g/mol. The molecule has 14 heteroatoms. The number of aromatic carboxylic acids is 1. The molecular formula is C27H25Cl3O11. The Bertz CT molecular complexity index is 1200. The van der Waals surface area contributed by atoms with Crippen molar-refractivity contribution in [3.63, 3.8) is 0 Å². The Morgan fingerprint density at radius 3 is 0.854 bits per heavy atom. The van der Waals surface area contributed by atoms with Gasteiger partial charge in [0.2, 0.25) is 0 Å². The fraction of sp³-hybridized carbons (Fsp3) is 0.111. The predicted octanol–water partition coefficient (Wildman–Crippen LogP) is 4.25. The number of carboxylic acid groups (broad SMARTS) is 1. The first-order chi connectivity index (χ1) is 18.9. The third-order valence-corrected chi connectivity index (χ3v) is 5.08. The number of carbonyl (C=O) groups excluding carboxylic acids is 5. The van der Waals surface area contributed by atoms with Gasteiger partial charge in [-0.15, -0.1) is 0 Å². The molecule has 0 fully saturated rings. The van der Waals surface area contributed by atoms with Crippen LogP contribution in [-0.4, -0.2) is 70.7 Å². The molecule has 220 valence electrons. The van der Waals surface area contributed by atoms with Gasteiger partial charge < -0.3 is 25.2 Å². The van der Waals surface area contributed by atoms with Crippen molar-refractivity contribution in [2.45, 2.75) is 0 Å². The summed E-state index contributed by atoms with van der Waals surface area (Å²) in [4.78, 5) is 64.1. The maximum absolute atomic E-state index is 11.0. The molecule has 0 saturated heterocycles. The summed E-state index contributed by atoms with van der Waals surface area (Å²) in [6.45, 7) is 0. The molecule has 4 N–H and O–H groups in total. The number of esters is 2. The molecular weight excluding hydrogens is 607 g/mol. The van der Waals surface area contributed by atoms with Gasteiger partial charge in [0.15, 0.2) is 0 Å². The SMILES string of the molecule is CO.COC(=O)c1ccc(C(=O)Cl)cc1.COC(=O)c1ccc(C(=O)O)cc1.O.O=C(Cl)c1ccc(C(=O)Cl)cc1. The summed E-state index contributed by atoms with van der Waals surface area (Å²) in [7, 11) is 3.57. The number of methoxy groups -OCH3 is 2. The number of hydrogen-bond acceptors (Lipinski definition) is 9. The van der Waals surface area contributed by atoms with Crippen LogP contribution in [0.15, 0.2) is 72.8 Å². The molecule has 0 unspecified atom stereocenters. The molecule has 0 aliphatic carbocycles. The molecule has 0 radical (unpaired) electrons. The molecule has 0 spiro atoms. The molecule has 0 aliphatic rings. The Morgan fingerprint density at radius 1 is 0.488 bits per heavy atom. The van der Waals surface area contributed by atoms with Crippen LogP contribution in [0, 0.1) is 0 Å². The first-order valence-corrected chi connectivity index (χ1v) is 11.8. The van der Waals surface area contributed by atoms with E-state index in [1.165, 1.54) is 87.0 Å². The maximum atomic E-state index is 11.0. The lowest BCUT2D eigenvalue weighted by Crippen LogP contribution is -2.02. The van der Waals surface area contributed by atoms with Gasteiger partial charge in [-0.3, -0.25) is 14.4 Å².